The highest BCUT2D eigenvalue weighted by Gasteiger charge is 2.18. The summed E-state index contributed by atoms with van der Waals surface area (Å²) >= 11 is 0. The Hall–Kier alpha value is -2.27. The molecule has 0 aliphatic carbocycles. The summed E-state index contributed by atoms with van der Waals surface area (Å²) in [6.45, 7) is 3.52. The molecule has 2 rings (SSSR count). The lowest BCUT2D eigenvalue weighted by Gasteiger charge is -2.14. The van der Waals surface area contributed by atoms with E-state index >= 15 is 0 Å². The van der Waals surface area contributed by atoms with Gasteiger partial charge in [-0.1, -0.05) is 24.3 Å². The molecule has 2 N–H and O–H groups in total. The first-order valence-corrected chi connectivity index (χ1v) is 6.64. The van der Waals surface area contributed by atoms with Crippen molar-refractivity contribution in [1.82, 2.24) is 0 Å². The van der Waals surface area contributed by atoms with E-state index in [1.807, 2.05) is 13.0 Å². The molecule has 110 valence electrons. The Bertz CT molecular complexity index is 686. The third-order valence-corrected chi connectivity index (χ3v) is 3.68. The molecule has 2 aromatic carbocycles. The predicted octanol–water partition coefficient (Wildman–Crippen LogP) is 3.59. The average Bonchev–Trinajstić information content (AvgIpc) is 2.43. The Morgan fingerprint density at radius 3 is 2.57 bits per heavy atom. The van der Waals surface area contributed by atoms with Gasteiger partial charge in [0.05, 0.1) is 4.92 Å². The van der Waals surface area contributed by atoms with Gasteiger partial charge in [0, 0.05) is 17.7 Å². The molecule has 0 aromatic heterocycles. The molecule has 0 amide bonds. The molecule has 0 bridgehead atoms. The third kappa shape index (κ3) is 3.25. The molecule has 4 nitrogen and oxygen atoms in total. The first-order valence-electron chi connectivity index (χ1n) is 6.64. The van der Waals surface area contributed by atoms with Crippen molar-refractivity contribution >= 4 is 5.69 Å². The van der Waals surface area contributed by atoms with Crippen LogP contribution in [0.15, 0.2) is 36.4 Å². The van der Waals surface area contributed by atoms with E-state index in [9.17, 15) is 14.5 Å². The van der Waals surface area contributed by atoms with Crippen LogP contribution in [-0.2, 0) is 6.42 Å². The van der Waals surface area contributed by atoms with Crippen molar-refractivity contribution in [3.05, 3.63) is 74.6 Å². The third-order valence-electron chi connectivity index (χ3n) is 3.68. The van der Waals surface area contributed by atoms with E-state index in [4.69, 9.17) is 5.73 Å². The van der Waals surface area contributed by atoms with Gasteiger partial charge >= 0.3 is 0 Å². The minimum Gasteiger partial charge on any atom is -0.324 e. The predicted molar refractivity (Wildman–Crippen MR) is 79.6 cm³/mol. The first-order chi connectivity index (χ1) is 9.90. The standard InChI is InChI=1S/C16H17FN2O2/c1-10-7-13(9-16(11(10)2)19(20)21)15(18)8-12-5-3-4-6-14(12)17/h3-7,9,15H,8,18H2,1-2H3. The summed E-state index contributed by atoms with van der Waals surface area (Å²) in [7, 11) is 0. The van der Waals surface area contributed by atoms with Crippen LogP contribution in [0.25, 0.3) is 0 Å². The average molecular weight is 288 g/mol. The fourth-order valence-corrected chi connectivity index (χ4v) is 2.29. The van der Waals surface area contributed by atoms with E-state index < -0.39 is 11.0 Å². The number of nitrogens with two attached hydrogens (primary N) is 1. The summed E-state index contributed by atoms with van der Waals surface area (Å²) < 4.78 is 13.7. The highest BCUT2D eigenvalue weighted by atomic mass is 19.1. The second-order valence-corrected chi connectivity index (χ2v) is 5.14. The van der Waals surface area contributed by atoms with E-state index in [0.29, 0.717) is 23.1 Å². The minimum absolute atomic E-state index is 0.0500. The Morgan fingerprint density at radius 2 is 1.95 bits per heavy atom. The first kappa shape index (κ1) is 15.1. The van der Waals surface area contributed by atoms with Crippen LogP contribution in [0, 0.1) is 29.8 Å². The Balaban J connectivity index is 2.34. The second kappa shape index (κ2) is 6.01. The molecule has 0 radical (unpaired) electrons. The minimum atomic E-state index is -0.486. The van der Waals surface area contributed by atoms with Gasteiger partial charge in [-0.3, -0.25) is 10.1 Å². The highest BCUT2D eigenvalue weighted by molar-refractivity contribution is 5.48. The molecule has 21 heavy (non-hydrogen) atoms. The maximum absolute atomic E-state index is 13.7. The lowest BCUT2D eigenvalue weighted by atomic mass is 9.95. The maximum atomic E-state index is 13.7. The van der Waals surface area contributed by atoms with Gasteiger partial charge in [0.2, 0.25) is 0 Å². The molecule has 0 heterocycles. The number of benzene rings is 2. The van der Waals surface area contributed by atoms with Crippen molar-refractivity contribution in [2.24, 2.45) is 5.73 Å². The number of nitro groups is 1. The largest absolute Gasteiger partial charge is 0.324 e. The maximum Gasteiger partial charge on any atom is 0.272 e. The van der Waals surface area contributed by atoms with E-state index in [-0.39, 0.29) is 11.5 Å². The molecule has 0 saturated carbocycles. The Morgan fingerprint density at radius 1 is 1.29 bits per heavy atom. The number of hydrogen-bond donors (Lipinski definition) is 1. The highest BCUT2D eigenvalue weighted by Crippen LogP contribution is 2.27. The van der Waals surface area contributed by atoms with Crippen molar-refractivity contribution in [3.8, 4) is 0 Å². The van der Waals surface area contributed by atoms with Gasteiger partial charge in [0.15, 0.2) is 0 Å². The number of rotatable bonds is 4. The van der Waals surface area contributed by atoms with Crippen LogP contribution < -0.4 is 5.73 Å². The van der Waals surface area contributed by atoms with Gasteiger partial charge in [-0.05, 0) is 43.0 Å². The molecule has 0 saturated heterocycles. The lowest BCUT2D eigenvalue weighted by Crippen LogP contribution is -2.15. The number of aryl methyl sites for hydroxylation is 1. The quantitative estimate of drug-likeness (QED) is 0.690. The van der Waals surface area contributed by atoms with E-state index in [1.165, 1.54) is 12.1 Å². The van der Waals surface area contributed by atoms with E-state index in [2.05, 4.69) is 0 Å². The summed E-state index contributed by atoms with van der Waals surface area (Å²) in [5, 5.41) is 11.1. The SMILES string of the molecule is Cc1cc(C(N)Cc2ccccc2F)cc([N+](=O)[O-])c1C. The van der Waals surface area contributed by atoms with E-state index in [0.717, 1.165) is 5.56 Å². The number of hydrogen-bond acceptors (Lipinski definition) is 3. The number of nitrogens with zero attached hydrogens (tertiary/aromatic N) is 1. The van der Waals surface area contributed by atoms with Crippen LogP contribution in [0.5, 0.6) is 0 Å². The molecular weight excluding hydrogens is 271 g/mol. The van der Waals surface area contributed by atoms with Crippen LogP contribution in [0.4, 0.5) is 10.1 Å². The monoisotopic (exact) mass is 288 g/mol. The van der Waals surface area contributed by atoms with Crippen LogP contribution in [-0.4, -0.2) is 4.92 Å². The van der Waals surface area contributed by atoms with Crippen molar-refractivity contribution in [1.29, 1.82) is 0 Å². The smallest absolute Gasteiger partial charge is 0.272 e. The molecule has 0 aliphatic heterocycles. The van der Waals surface area contributed by atoms with Gasteiger partial charge < -0.3 is 5.73 Å². The Kier molecular flexibility index (Phi) is 4.33. The zero-order valence-corrected chi connectivity index (χ0v) is 12.0. The van der Waals surface area contributed by atoms with Gasteiger partial charge in [0.1, 0.15) is 5.82 Å². The molecule has 1 atom stereocenters. The summed E-state index contributed by atoms with van der Waals surface area (Å²) in [6, 6.07) is 9.23. The van der Waals surface area contributed by atoms with Crippen molar-refractivity contribution in [2.45, 2.75) is 26.3 Å². The van der Waals surface area contributed by atoms with Gasteiger partial charge in [-0.25, -0.2) is 4.39 Å². The molecule has 2 aromatic rings. The zero-order valence-electron chi connectivity index (χ0n) is 12.0. The fourth-order valence-electron chi connectivity index (χ4n) is 2.29. The van der Waals surface area contributed by atoms with Crippen LogP contribution in [0.1, 0.15) is 28.3 Å². The normalized spacial score (nSPS) is 12.2. The van der Waals surface area contributed by atoms with Crippen molar-refractivity contribution in [3.63, 3.8) is 0 Å². The summed E-state index contributed by atoms with van der Waals surface area (Å²) in [4.78, 5) is 10.7. The van der Waals surface area contributed by atoms with Crippen LogP contribution >= 0.6 is 0 Å². The van der Waals surface area contributed by atoms with Crippen molar-refractivity contribution < 1.29 is 9.31 Å². The van der Waals surface area contributed by atoms with Crippen LogP contribution in [0.3, 0.4) is 0 Å². The van der Waals surface area contributed by atoms with Gasteiger partial charge in [0.25, 0.3) is 5.69 Å². The van der Waals surface area contributed by atoms with Crippen molar-refractivity contribution in [2.75, 3.05) is 0 Å². The topological polar surface area (TPSA) is 69.2 Å². The van der Waals surface area contributed by atoms with Gasteiger partial charge in [-0.15, -0.1) is 0 Å². The molecule has 0 aliphatic rings. The number of nitro benzene ring substituents is 1. The lowest BCUT2D eigenvalue weighted by molar-refractivity contribution is -0.385. The van der Waals surface area contributed by atoms with E-state index in [1.54, 1.807) is 25.1 Å². The second-order valence-electron chi connectivity index (χ2n) is 5.14. The fraction of sp³-hybridized carbons (Fsp3) is 0.250. The molecule has 5 heteroatoms. The van der Waals surface area contributed by atoms with Crippen LogP contribution in [0.2, 0.25) is 0 Å². The molecule has 0 fully saturated rings. The summed E-state index contributed by atoms with van der Waals surface area (Å²) in [5.74, 6) is -0.314. The Labute approximate surface area is 122 Å². The molecular formula is C16H17FN2O2. The zero-order chi connectivity index (χ0) is 15.6. The molecule has 0 spiro atoms. The van der Waals surface area contributed by atoms with Gasteiger partial charge in [-0.2, -0.15) is 0 Å². The molecule has 1 unspecified atom stereocenters. The summed E-state index contributed by atoms with van der Waals surface area (Å²) in [5.41, 5.74) is 8.73. The summed E-state index contributed by atoms with van der Waals surface area (Å²) in [6.07, 6.45) is 0.298. The number of halogens is 1.